The van der Waals surface area contributed by atoms with Crippen LogP contribution in [0.2, 0.25) is 0 Å². The van der Waals surface area contributed by atoms with Crippen LogP contribution in [0.15, 0.2) is 97.1 Å². The second-order valence-corrected chi connectivity index (χ2v) is 9.27. The molecule has 1 heteroatoms. The molecule has 0 saturated carbocycles. The summed E-state index contributed by atoms with van der Waals surface area (Å²) in [5.74, 6) is 0. The molecule has 0 fully saturated rings. The lowest BCUT2D eigenvalue weighted by Gasteiger charge is -2.08. The fourth-order valence-corrected chi connectivity index (χ4v) is 6.16. The van der Waals surface area contributed by atoms with Gasteiger partial charge < -0.3 is 0 Å². The lowest BCUT2D eigenvalue weighted by molar-refractivity contribution is 1.27. The summed E-state index contributed by atoms with van der Waals surface area (Å²) >= 11 is 1.90. The Kier molecular flexibility index (Phi) is 3.30. The molecule has 6 aromatic rings. The fraction of sp³-hybridized carbons (Fsp3) is 0.0345. The number of rotatable bonds is 1. The summed E-state index contributed by atoms with van der Waals surface area (Å²) < 4.78 is 2.74. The summed E-state index contributed by atoms with van der Waals surface area (Å²) in [4.78, 5) is 0. The molecule has 1 aromatic heterocycles. The van der Waals surface area contributed by atoms with Crippen molar-refractivity contribution in [1.82, 2.24) is 0 Å². The lowest BCUT2D eigenvalue weighted by atomic mass is 9.96. The van der Waals surface area contributed by atoms with Crippen LogP contribution in [-0.2, 0) is 6.42 Å². The van der Waals surface area contributed by atoms with E-state index in [-0.39, 0.29) is 0 Å². The zero-order valence-electron chi connectivity index (χ0n) is 16.4. The van der Waals surface area contributed by atoms with E-state index < -0.39 is 0 Å². The first kappa shape index (κ1) is 16.4. The minimum atomic E-state index is 1.03. The van der Waals surface area contributed by atoms with Gasteiger partial charge in [0.1, 0.15) is 0 Å². The monoisotopic (exact) mass is 398 g/mol. The quantitative estimate of drug-likeness (QED) is 0.260. The zero-order chi connectivity index (χ0) is 19.7. The molecule has 1 aliphatic carbocycles. The summed E-state index contributed by atoms with van der Waals surface area (Å²) in [6.07, 6.45) is 1.03. The lowest BCUT2D eigenvalue weighted by Crippen LogP contribution is -1.83. The molecule has 1 aliphatic rings. The van der Waals surface area contributed by atoms with E-state index in [1.807, 2.05) is 11.3 Å². The van der Waals surface area contributed by atoms with Crippen molar-refractivity contribution < 1.29 is 0 Å². The number of benzene rings is 5. The van der Waals surface area contributed by atoms with Gasteiger partial charge in [0, 0.05) is 20.2 Å². The standard InChI is InChI=1S/C29H18S/c1-2-6-18(7-3-1)19-10-11-20-14-22-15-21-12-13-28-29(23-8-4-5-9-27(23)30-28)26(21)17-25(22)24(20)16-19/h1-13,15-17H,14H2. The molecule has 0 amide bonds. The van der Waals surface area contributed by atoms with Crippen molar-refractivity contribution >= 4 is 42.3 Å². The molecule has 140 valence electrons. The molecule has 7 rings (SSSR count). The summed E-state index contributed by atoms with van der Waals surface area (Å²) in [6.45, 7) is 0. The Morgan fingerprint density at radius 2 is 1.37 bits per heavy atom. The van der Waals surface area contributed by atoms with Crippen molar-refractivity contribution in [1.29, 1.82) is 0 Å². The van der Waals surface area contributed by atoms with Gasteiger partial charge in [-0.25, -0.2) is 0 Å². The SMILES string of the molecule is c1ccc(-c2ccc3c(c2)-c2cc4c(ccc5sc6ccccc6c54)cc2C3)cc1. The Morgan fingerprint density at radius 3 is 2.30 bits per heavy atom. The van der Waals surface area contributed by atoms with E-state index in [4.69, 9.17) is 0 Å². The van der Waals surface area contributed by atoms with E-state index >= 15 is 0 Å². The Labute approximate surface area is 179 Å². The van der Waals surface area contributed by atoms with Gasteiger partial charge in [-0.2, -0.15) is 0 Å². The van der Waals surface area contributed by atoms with Crippen LogP contribution in [0.5, 0.6) is 0 Å². The van der Waals surface area contributed by atoms with E-state index in [9.17, 15) is 0 Å². The highest BCUT2D eigenvalue weighted by molar-refractivity contribution is 7.26. The normalized spacial score (nSPS) is 12.5. The molecule has 0 aliphatic heterocycles. The second-order valence-electron chi connectivity index (χ2n) is 8.18. The van der Waals surface area contributed by atoms with Gasteiger partial charge in [0.15, 0.2) is 0 Å². The molecule has 5 aromatic carbocycles. The molecule has 0 N–H and O–H groups in total. The van der Waals surface area contributed by atoms with E-state index in [1.54, 1.807) is 0 Å². The smallest absolute Gasteiger partial charge is 0.0361 e. The molecular formula is C29H18S. The third-order valence-electron chi connectivity index (χ3n) is 6.47. The third kappa shape index (κ3) is 2.27. The first-order chi connectivity index (χ1) is 14.8. The molecule has 0 spiro atoms. The highest BCUT2D eigenvalue weighted by Crippen LogP contribution is 2.44. The summed E-state index contributed by atoms with van der Waals surface area (Å²) in [5.41, 5.74) is 8.25. The minimum Gasteiger partial charge on any atom is -0.135 e. The van der Waals surface area contributed by atoms with Gasteiger partial charge in [-0.15, -0.1) is 11.3 Å². The Balaban J connectivity index is 1.52. The molecule has 1 heterocycles. The van der Waals surface area contributed by atoms with Gasteiger partial charge in [0.25, 0.3) is 0 Å². The highest BCUT2D eigenvalue weighted by atomic mass is 32.1. The summed E-state index contributed by atoms with van der Waals surface area (Å²) in [7, 11) is 0. The molecular weight excluding hydrogens is 380 g/mol. The van der Waals surface area contributed by atoms with E-state index in [0.29, 0.717) is 0 Å². The van der Waals surface area contributed by atoms with Crippen LogP contribution in [0.1, 0.15) is 11.1 Å². The molecule has 0 bridgehead atoms. The second kappa shape index (κ2) is 6.04. The predicted octanol–water partition coefficient (Wildman–Crippen LogP) is 8.45. The predicted molar refractivity (Wildman–Crippen MR) is 131 cm³/mol. The van der Waals surface area contributed by atoms with E-state index in [1.165, 1.54) is 64.3 Å². The molecule has 0 unspecified atom stereocenters. The minimum absolute atomic E-state index is 1.03. The van der Waals surface area contributed by atoms with Crippen LogP contribution >= 0.6 is 11.3 Å². The number of thiophene rings is 1. The van der Waals surface area contributed by atoms with Crippen molar-refractivity contribution in [2.24, 2.45) is 0 Å². The van der Waals surface area contributed by atoms with Crippen molar-refractivity contribution in [2.75, 3.05) is 0 Å². The van der Waals surface area contributed by atoms with Crippen LogP contribution in [0.4, 0.5) is 0 Å². The van der Waals surface area contributed by atoms with Crippen LogP contribution in [-0.4, -0.2) is 0 Å². The first-order valence-electron chi connectivity index (χ1n) is 10.4. The highest BCUT2D eigenvalue weighted by Gasteiger charge is 2.21. The Morgan fingerprint density at radius 1 is 0.533 bits per heavy atom. The molecule has 30 heavy (non-hydrogen) atoms. The largest absolute Gasteiger partial charge is 0.135 e. The Hall–Kier alpha value is -3.42. The van der Waals surface area contributed by atoms with Crippen molar-refractivity contribution in [3.8, 4) is 22.3 Å². The van der Waals surface area contributed by atoms with Crippen molar-refractivity contribution in [2.45, 2.75) is 6.42 Å². The van der Waals surface area contributed by atoms with Gasteiger partial charge in [0.05, 0.1) is 0 Å². The first-order valence-corrected chi connectivity index (χ1v) is 11.2. The number of hydrogen-bond donors (Lipinski definition) is 0. The van der Waals surface area contributed by atoms with E-state index in [2.05, 4.69) is 97.1 Å². The maximum Gasteiger partial charge on any atom is 0.0361 e. The van der Waals surface area contributed by atoms with Gasteiger partial charge >= 0.3 is 0 Å². The van der Waals surface area contributed by atoms with Crippen molar-refractivity contribution in [3.05, 3.63) is 108 Å². The van der Waals surface area contributed by atoms with Gasteiger partial charge in [-0.3, -0.25) is 0 Å². The van der Waals surface area contributed by atoms with E-state index in [0.717, 1.165) is 6.42 Å². The fourth-order valence-electron chi connectivity index (χ4n) is 5.04. The van der Waals surface area contributed by atoms with Crippen LogP contribution in [0, 0.1) is 0 Å². The topological polar surface area (TPSA) is 0 Å². The zero-order valence-corrected chi connectivity index (χ0v) is 17.2. The maximum atomic E-state index is 2.45. The molecule has 0 atom stereocenters. The van der Waals surface area contributed by atoms with Crippen LogP contribution < -0.4 is 0 Å². The Bertz CT molecular complexity index is 1600. The van der Waals surface area contributed by atoms with Gasteiger partial charge in [0.2, 0.25) is 0 Å². The summed E-state index contributed by atoms with van der Waals surface area (Å²) in [6, 6.07) is 35.9. The van der Waals surface area contributed by atoms with Gasteiger partial charge in [-0.05, 0) is 74.8 Å². The van der Waals surface area contributed by atoms with Crippen LogP contribution in [0.3, 0.4) is 0 Å². The summed E-state index contributed by atoms with van der Waals surface area (Å²) in [5, 5.41) is 5.51. The van der Waals surface area contributed by atoms with Crippen molar-refractivity contribution in [3.63, 3.8) is 0 Å². The van der Waals surface area contributed by atoms with Crippen LogP contribution in [0.25, 0.3) is 53.2 Å². The number of fused-ring (bicyclic) bond motifs is 8. The molecule has 0 nitrogen and oxygen atoms in total. The average Bonchev–Trinajstić information content (AvgIpc) is 3.35. The molecule has 0 saturated heterocycles. The van der Waals surface area contributed by atoms with Gasteiger partial charge in [-0.1, -0.05) is 72.8 Å². The third-order valence-corrected chi connectivity index (χ3v) is 7.61. The maximum absolute atomic E-state index is 2.45. The number of hydrogen-bond acceptors (Lipinski definition) is 1. The average molecular weight is 399 g/mol. The molecule has 0 radical (unpaired) electrons.